The van der Waals surface area contributed by atoms with Crippen molar-refractivity contribution in [3.05, 3.63) is 15.3 Å². The van der Waals surface area contributed by atoms with Crippen LogP contribution in [-0.4, -0.2) is 6.08 Å². The molecule has 2 nitrogen and oxygen atoms in total. The van der Waals surface area contributed by atoms with Gasteiger partial charge in [-0.05, 0) is 31.2 Å². The molecule has 0 atom stereocenters. The lowest BCUT2D eigenvalue weighted by molar-refractivity contribution is 0.565. The molecule has 1 heterocycles. The highest BCUT2D eigenvalue weighted by Gasteiger charge is 2.20. The lowest BCUT2D eigenvalue weighted by atomic mass is 10.2. The maximum atomic E-state index is 10.3. The lowest BCUT2D eigenvalue weighted by Gasteiger charge is -1.94. The second-order valence-electron chi connectivity index (χ2n) is 3.19. The van der Waals surface area contributed by atoms with Gasteiger partial charge >= 0.3 is 0 Å². The molecular formula is C10H11NOS. The van der Waals surface area contributed by atoms with Crippen LogP contribution in [0.3, 0.4) is 0 Å². The summed E-state index contributed by atoms with van der Waals surface area (Å²) in [5.74, 6) is 0. The van der Waals surface area contributed by atoms with Crippen molar-refractivity contribution < 1.29 is 4.79 Å². The van der Waals surface area contributed by atoms with Gasteiger partial charge < -0.3 is 0 Å². The van der Waals surface area contributed by atoms with E-state index in [1.807, 2.05) is 11.3 Å². The van der Waals surface area contributed by atoms with Gasteiger partial charge in [0.15, 0.2) is 0 Å². The van der Waals surface area contributed by atoms with E-state index in [1.165, 1.54) is 28.2 Å². The molecule has 0 amide bonds. The van der Waals surface area contributed by atoms with Gasteiger partial charge in [-0.15, -0.1) is 11.3 Å². The largest absolute Gasteiger partial charge is 0.240 e. The second kappa shape index (κ2) is 3.44. The molecule has 68 valence electrons. The number of aryl methyl sites for hydroxylation is 2. The van der Waals surface area contributed by atoms with E-state index in [2.05, 4.69) is 11.9 Å². The standard InChI is InChI=1S/C10H11NOS/c1-2-8-10(11-6-12)7-4-3-5-9(7)13-8/h2-5H2,1H3. The molecule has 1 aliphatic carbocycles. The fraction of sp³-hybridized carbons (Fsp3) is 0.500. The van der Waals surface area contributed by atoms with Crippen LogP contribution in [0.4, 0.5) is 5.69 Å². The van der Waals surface area contributed by atoms with Crippen molar-refractivity contribution in [1.29, 1.82) is 0 Å². The minimum Gasteiger partial charge on any atom is -0.211 e. The van der Waals surface area contributed by atoms with Crippen molar-refractivity contribution in [2.45, 2.75) is 32.6 Å². The molecule has 3 heteroatoms. The van der Waals surface area contributed by atoms with Crippen LogP contribution in [0.25, 0.3) is 0 Å². The number of fused-ring (bicyclic) bond motifs is 1. The lowest BCUT2D eigenvalue weighted by Crippen LogP contribution is -1.77. The van der Waals surface area contributed by atoms with Gasteiger partial charge in [0.05, 0.1) is 5.69 Å². The van der Waals surface area contributed by atoms with Gasteiger partial charge in [0.2, 0.25) is 6.08 Å². The average molecular weight is 193 g/mol. The number of rotatable bonds is 2. The fourth-order valence-electron chi connectivity index (χ4n) is 1.86. The first-order valence-corrected chi connectivity index (χ1v) is 5.39. The zero-order chi connectivity index (χ0) is 9.26. The van der Waals surface area contributed by atoms with Crippen LogP contribution in [0.5, 0.6) is 0 Å². The van der Waals surface area contributed by atoms with Crippen molar-refractivity contribution >= 4 is 23.1 Å². The summed E-state index contributed by atoms with van der Waals surface area (Å²) >= 11 is 1.82. The zero-order valence-corrected chi connectivity index (χ0v) is 8.41. The number of hydrogen-bond acceptors (Lipinski definition) is 3. The van der Waals surface area contributed by atoms with Crippen LogP contribution >= 0.6 is 11.3 Å². The number of thiophene rings is 1. The molecule has 1 aromatic heterocycles. The number of carbonyl (C=O) groups excluding carboxylic acids is 1. The Morgan fingerprint density at radius 2 is 2.38 bits per heavy atom. The Morgan fingerprint density at radius 1 is 1.54 bits per heavy atom. The Morgan fingerprint density at radius 3 is 3.08 bits per heavy atom. The van der Waals surface area contributed by atoms with E-state index in [4.69, 9.17) is 0 Å². The topological polar surface area (TPSA) is 29.4 Å². The molecule has 13 heavy (non-hydrogen) atoms. The van der Waals surface area contributed by atoms with Crippen LogP contribution in [-0.2, 0) is 24.1 Å². The first kappa shape index (κ1) is 8.67. The average Bonchev–Trinajstić information content (AvgIpc) is 2.67. The third-order valence-electron chi connectivity index (χ3n) is 2.44. The van der Waals surface area contributed by atoms with Crippen LogP contribution in [0.15, 0.2) is 4.99 Å². The summed E-state index contributed by atoms with van der Waals surface area (Å²) in [4.78, 5) is 16.7. The van der Waals surface area contributed by atoms with E-state index in [9.17, 15) is 4.79 Å². The Labute approximate surface area is 81.3 Å². The summed E-state index contributed by atoms with van der Waals surface area (Å²) in [7, 11) is 0. The van der Waals surface area contributed by atoms with Crippen molar-refractivity contribution in [2.24, 2.45) is 4.99 Å². The Hall–Kier alpha value is -0.920. The van der Waals surface area contributed by atoms with Gasteiger partial charge in [-0.3, -0.25) is 0 Å². The highest BCUT2D eigenvalue weighted by atomic mass is 32.1. The molecule has 0 aromatic carbocycles. The first-order chi connectivity index (χ1) is 6.36. The first-order valence-electron chi connectivity index (χ1n) is 4.58. The zero-order valence-electron chi connectivity index (χ0n) is 7.59. The van der Waals surface area contributed by atoms with Gasteiger partial charge in [-0.1, -0.05) is 6.92 Å². The molecule has 0 N–H and O–H groups in total. The number of nitrogens with zero attached hydrogens (tertiary/aromatic N) is 1. The summed E-state index contributed by atoms with van der Waals surface area (Å²) in [6, 6.07) is 0. The number of isocyanates is 1. The van der Waals surface area contributed by atoms with E-state index in [-0.39, 0.29) is 0 Å². The normalized spacial score (nSPS) is 13.9. The molecule has 0 bridgehead atoms. The van der Waals surface area contributed by atoms with E-state index in [0.717, 1.165) is 18.5 Å². The minimum atomic E-state index is 0.926. The molecule has 0 saturated heterocycles. The smallest absolute Gasteiger partial charge is 0.211 e. The Balaban J connectivity index is 2.55. The van der Waals surface area contributed by atoms with Crippen LogP contribution in [0, 0.1) is 0 Å². The summed E-state index contributed by atoms with van der Waals surface area (Å²) in [6.07, 6.45) is 6.10. The molecule has 1 aliphatic rings. The summed E-state index contributed by atoms with van der Waals surface area (Å²) in [5, 5.41) is 0. The van der Waals surface area contributed by atoms with Crippen molar-refractivity contribution in [3.63, 3.8) is 0 Å². The van der Waals surface area contributed by atoms with Gasteiger partial charge in [-0.2, -0.15) is 4.99 Å². The summed E-state index contributed by atoms with van der Waals surface area (Å²) in [5.41, 5.74) is 2.24. The van der Waals surface area contributed by atoms with Crippen molar-refractivity contribution in [3.8, 4) is 0 Å². The Kier molecular flexibility index (Phi) is 2.30. The second-order valence-corrected chi connectivity index (χ2v) is 4.38. The molecular weight excluding hydrogens is 182 g/mol. The third-order valence-corrected chi connectivity index (χ3v) is 3.87. The predicted molar refractivity (Wildman–Crippen MR) is 53.5 cm³/mol. The van der Waals surface area contributed by atoms with Crippen molar-refractivity contribution in [1.82, 2.24) is 0 Å². The molecule has 2 rings (SSSR count). The molecule has 0 aliphatic heterocycles. The third kappa shape index (κ3) is 1.34. The van der Waals surface area contributed by atoms with E-state index >= 15 is 0 Å². The van der Waals surface area contributed by atoms with Crippen LogP contribution in [0.1, 0.15) is 28.7 Å². The maximum Gasteiger partial charge on any atom is 0.240 e. The fourth-order valence-corrected chi connectivity index (χ4v) is 3.14. The van der Waals surface area contributed by atoms with Gasteiger partial charge in [-0.25, -0.2) is 4.79 Å². The van der Waals surface area contributed by atoms with E-state index < -0.39 is 0 Å². The van der Waals surface area contributed by atoms with Gasteiger partial charge in [0, 0.05) is 9.75 Å². The number of hydrogen-bond donors (Lipinski definition) is 0. The quantitative estimate of drug-likeness (QED) is 0.524. The highest BCUT2D eigenvalue weighted by Crippen LogP contribution is 2.40. The monoisotopic (exact) mass is 193 g/mol. The van der Waals surface area contributed by atoms with Gasteiger partial charge in [0.1, 0.15) is 0 Å². The maximum absolute atomic E-state index is 10.3. The molecule has 0 saturated carbocycles. The molecule has 0 unspecified atom stereocenters. The van der Waals surface area contributed by atoms with Crippen LogP contribution in [0.2, 0.25) is 0 Å². The van der Waals surface area contributed by atoms with Crippen LogP contribution < -0.4 is 0 Å². The molecule has 0 fully saturated rings. The van der Waals surface area contributed by atoms with Gasteiger partial charge in [0.25, 0.3) is 0 Å². The molecule has 1 aromatic rings. The Bertz CT molecular complexity index is 375. The summed E-state index contributed by atoms with van der Waals surface area (Å²) < 4.78 is 0. The number of aliphatic imine (C=N–C) groups is 1. The van der Waals surface area contributed by atoms with E-state index in [0.29, 0.717) is 0 Å². The van der Waals surface area contributed by atoms with E-state index in [1.54, 1.807) is 6.08 Å². The molecule has 0 spiro atoms. The van der Waals surface area contributed by atoms with Crippen molar-refractivity contribution in [2.75, 3.05) is 0 Å². The minimum absolute atomic E-state index is 0.926. The summed E-state index contributed by atoms with van der Waals surface area (Å²) in [6.45, 7) is 2.10. The highest BCUT2D eigenvalue weighted by molar-refractivity contribution is 7.12. The predicted octanol–water partition coefficient (Wildman–Crippen LogP) is 2.77. The SMILES string of the molecule is CCc1sc2c(c1N=C=O)CCC2. The molecule has 0 radical (unpaired) electrons.